The van der Waals surface area contributed by atoms with Gasteiger partial charge in [0.25, 0.3) is 0 Å². The van der Waals surface area contributed by atoms with Crippen molar-refractivity contribution in [3.8, 4) is 0 Å². The predicted octanol–water partition coefficient (Wildman–Crippen LogP) is 4.46. The van der Waals surface area contributed by atoms with Crippen LogP contribution in [0.15, 0.2) is 60.8 Å². The monoisotopic (exact) mass is 450 g/mol. The van der Waals surface area contributed by atoms with Gasteiger partial charge < -0.3 is 10.6 Å². The number of rotatable bonds is 6. The van der Waals surface area contributed by atoms with Crippen LogP contribution in [0.1, 0.15) is 31.4 Å². The Hall–Kier alpha value is -3.72. The first-order valence-electron chi connectivity index (χ1n) is 10.9. The van der Waals surface area contributed by atoms with Crippen molar-refractivity contribution in [3.05, 3.63) is 72.2 Å². The lowest BCUT2D eigenvalue weighted by molar-refractivity contribution is -0.114. The number of hydrogen-bond donors (Lipinski definition) is 3. The van der Waals surface area contributed by atoms with Crippen LogP contribution in [-0.4, -0.2) is 39.7 Å². The van der Waals surface area contributed by atoms with E-state index in [1.54, 1.807) is 24.4 Å². The number of carbonyl (C=O) groups excluding carboxylic acids is 2. The second-order valence-electron chi connectivity index (χ2n) is 8.14. The fourth-order valence-electron chi connectivity index (χ4n) is 4.03. The number of anilines is 3. The normalized spacial score (nSPS) is 14.6. The van der Waals surface area contributed by atoms with Crippen molar-refractivity contribution in [2.75, 3.05) is 29.0 Å². The molecule has 8 nitrogen and oxygen atoms in total. The predicted molar refractivity (Wildman–Crippen MR) is 126 cm³/mol. The highest BCUT2D eigenvalue weighted by molar-refractivity contribution is 5.99. The molecule has 1 saturated heterocycles. The number of amides is 3. The number of halogens is 1. The number of nitrogens with one attached hydrogen (secondary N) is 3. The molecule has 4 rings (SSSR count). The Morgan fingerprint density at radius 2 is 1.76 bits per heavy atom. The van der Waals surface area contributed by atoms with Crippen molar-refractivity contribution in [1.82, 2.24) is 14.7 Å². The summed E-state index contributed by atoms with van der Waals surface area (Å²) in [5.41, 5.74) is 2.38. The molecule has 1 fully saturated rings. The van der Waals surface area contributed by atoms with Crippen molar-refractivity contribution < 1.29 is 14.0 Å². The van der Waals surface area contributed by atoms with Gasteiger partial charge in [0, 0.05) is 44.0 Å². The molecule has 1 aliphatic rings. The minimum atomic E-state index is -0.442. The van der Waals surface area contributed by atoms with Crippen molar-refractivity contribution >= 4 is 29.1 Å². The van der Waals surface area contributed by atoms with Crippen molar-refractivity contribution in [3.63, 3.8) is 0 Å². The molecule has 0 aliphatic carbocycles. The molecular formula is C24H27FN6O2. The highest BCUT2D eigenvalue weighted by Gasteiger charge is 2.23. The first-order chi connectivity index (χ1) is 16.0. The third-order valence-electron chi connectivity index (χ3n) is 5.58. The summed E-state index contributed by atoms with van der Waals surface area (Å²) in [5, 5.41) is 12.6. The molecular weight excluding hydrogens is 423 g/mol. The third-order valence-corrected chi connectivity index (χ3v) is 5.58. The van der Waals surface area contributed by atoms with Gasteiger partial charge in [-0.05, 0) is 48.7 Å². The highest BCUT2D eigenvalue weighted by Crippen LogP contribution is 2.26. The highest BCUT2D eigenvalue weighted by atomic mass is 19.1. The number of nitrogens with zero attached hydrogens (tertiary/aromatic N) is 3. The molecule has 0 radical (unpaired) electrons. The van der Waals surface area contributed by atoms with Crippen molar-refractivity contribution in [2.24, 2.45) is 0 Å². The summed E-state index contributed by atoms with van der Waals surface area (Å²) < 4.78 is 15.2. The fraction of sp³-hybridized carbons (Fsp3) is 0.292. The van der Waals surface area contributed by atoms with E-state index in [-0.39, 0.29) is 11.9 Å². The molecule has 9 heteroatoms. The number of piperidine rings is 1. The van der Waals surface area contributed by atoms with Gasteiger partial charge >= 0.3 is 6.03 Å². The Morgan fingerprint density at radius 1 is 1.00 bits per heavy atom. The number of urea groups is 1. The van der Waals surface area contributed by atoms with E-state index in [0.29, 0.717) is 11.5 Å². The number of hydrogen-bond acceptors (Lipinski definition) is 4. The molecule has 3 N–H and O–H groups in total. The molecule has 0 bridgehead atoms. The Balaban J connectivity index is 1.29. The van der Waals surface area contributed by atoms with Crippen LogP contribution >= 0.6 is 0 Å². The molecule has 0 unspecified atom stereocenters. The standard InChI is InChI=1S/C24H27FN6O2/c1-17(32)27-20-7-5-18(6-8-20)16-30-13-10-22(11-14-30)31-23(9-12-26-31)29-24(33)28-21-4-2-3-19(25)15-21/h2-9,12,15,22H,10-11,13-14,16H2,1H3,(H,27,32)(H2,28,29,33). The van der Waals surface area contributed by atoms with E-state index >= 15 is 0 Å². The van der Waals surface area contributed by atoms with Gasteiger partial charge in [-0.25, -0.2) is 13.9 Å². The SMILES string of the molecule is CC(=O)Nc1ccc(CN2CCC(n3nccc3NC(=O)Nc3cccc(F)c3)CC2)cc1. The number of aromatic nitrogens is 2. The maximum absolute atomic E-state index is 13.3. The minimum Gasteiger partial charge on any atom is -0.326 e. The lowest BCUT2D eigenvalue weighted by Gasteiger charge is -2.32. The maximum atomic E-state index is 13.3. The smallest absolute Gasteiger partial charge is 0.324 e. The van der Waals surface area contributed by atoms with E-state index in [4.69, 9.17) is 0 Å². The van der Waals surface area contributed by atoms with Gasteiger partial charge in [0.2, 0.25) is 5.91 Å². The first kappa shape index (κ1) is 22.5. The van der Waals surface area contributed by atoms with Crippen LogP contribution < -0.4 is 16.0 Å². The Labute approximate surface area is 191 Å². The molecule has 33 heavy (non-hydrogen) atoms. The Morgan fingerprint density at radius 3 is 2.45 bits per heavy atom. The summed E-state index contributed by atoms with van der Waals surface area (Å²) >= 11 is 0. The Kier molecular flexibility index (Phi) is 6.99. The summed E-state index contributed by atoms with van der Waals surface area (Å²) in [6.45, 7) is 4.16. The molecule has 0 atom stereocenters. The van der Waals surface area contributed by atoms with Gasteiger partial charge in [-0.1, -0.05) is 18.2 Å². The number of likely N-dealkylation sites (tertiary alicyclic amines) is 1. The second-order valence-corrected chi connectivity index (χ2v) is 8.14. The zero-order chi connectivity index (χ0) is 23.2. The van der Waals surface area contributed by atoms with Crippen LogP contribution in [0.4, 0.5) is 26.4 Å². The zero-order valence-corrected chi connectivity index (χ0v) is 18.4. The van der Waals surface area contributed by atoms with Crippen LogP contribution in [0.3, 0.4) is 0 Å². The molecule has 2 heterocycles. The van der Waals surface area contributed by atoms with E-state index < -0.39 is 11.8 Å². The van der Waals surface area contributed by atoms with E-state index in [0.717, 1.165) is 38.2 Å². The quantitative estimate of drug-likeness (QED) is 0.517. The van der Waals surface area contributed by atoms with Crippen molar-refractivity contribution in [1.29, 1.82) is 0 Å². The largest absolute Gasteiger partial charge is 0.326 e. The first-order valence-corrected chi connectivity index (χ1v) is 10.9. The van der Waals surface area contributed by atoms with Gasteiger partial charge in [-0.3, -0.25) is 15.0 Å². The molecule has 172 valence electrons. The van der Waals surface area contributed by atoms with Crippen LogP contribution in [0.5, 0.6) is 0 Å². The van der Waals surface area contributed by atoms with E-state index in [1.165, 1.54) is 24.6 Å². The number of benzene rings is 2. The molecule has 1 aromatic heterocycles. The summed E-state index contributed by atoms with van der Waals surface area (Å²) in [6.07, 6.45) is 3.48. The molecule has 3 aromatic rings. The van der Waals surface area contributed by atoms with Gasteiger partial charge in [0.15, 0.2) is 0 Å². The minimum absolute atomic E-state index is 0.0799. The average molecular weight is 451 g/mol. The molecule has 1 aliphatic heterocycles. The molecule has 0 spiro atoms. The van der Waals surface area contributed by atoms with E-state index in [2.05, 4.69) is 25.9 Å². The zero-order valence-electron chi connectivity index (χ0n) is 18.4. The van der Waals surface area contributed by atoms with Crippen LogP contribution in [0, 0.1) is 5.82 Å². The second kappa shape index (κ2) is 10.3. The summed E-state index contributed by atoms with van der Waals surface area (Å²) in [7, 11) is 0. The van der Waals surface area contributed by atoms with Crippen LogP contribution in [-0.2, 0) is 11.3 Å². The van der Waals surface area contributed by atoms with Gasteiger partial charge in [-0.2, -0.15) is 5.10 Å². The topological polar surface area (TPSA) is 91.3 Å². The van der Waals surface area contributed by atoms with Gasteiger partial charge in [0.05, 0.1) is 12.2 Å². The maximum Gasteiger partial charge on any atom is 0.324 e. The van der Waals surface area contributed by atoms with Gasteiger partial charge in [-0.15, -0.1) is 0 Å². The Bertz CT molecular complexity index is 1110. The van der Waals surface area contributed by atoms with Crippen molar-refractivity contribution in [2.45, 2.75) is 32.4 Å². The number of carbonyl (C=O) groups is 2. The summed E-state index contributed by atoms with van der Waals surface area (Å²) in [6, 6.07) is 15.2. The molecule has 2 aromatic carbocycles. The van der Waals surface area contributed by atoms with E-state index in [9.17, 15) is 14.0 Å². The third kappa shape index (κ3) is 6.17. The molecule has 0 saturated carbocycles. The lowest BCUT2D eigenvalue weighted by atomic mass is 10.0. The fourth-order valence-corrected chi connectivity index (χ4v) is 4.03. The van der Waals surface area contributed by atoms with E-state index in [1.807, 2.05) is 28.9 Å². The summed E-state index contributed by atoms with van der Waals surface area (Å²) in [5.74, 6) is 0.118. The van der Waals surface area contributed by atoms with Crippen LogP contribution in [0.2, 0.25) is 0 Å². The van der Waals surface area contributed by atoms with Crippen LogP contribution in [0.25, 0.3) is 0 Å². The van der Waals surface area contributed by atoms with Gasteiger partial charge in [0.1, 0.15) is 11.6 Å². The lowest BCUT2D eigenvalue weighted by Crippen LogP contribution is -2.35. The summed E-state index contributed by atoms with van der Waals surface area (Å²) in [4.78, 5) is 25.9. The molecule has 3 amide bonds. The average Bonchev–Trinajstić information content (AvgIpc) is 3.23.